The highest BCUT2D eigenvalue weighted by Crippen LogP contribution is 2.45. The molecule has 2 fully saturated rings. The molecule has 1 saturated heterocycles. The molecule has 0 spiro atoms. The fourth-order valence-corrected chi connectivity index (χ4v) is 4.48. The van der Waals surface area contributed by atoms with E-state index in [9.17, 15) is 14.7 Å². The number of benzene rings is 1. The number of anilines is 1. The minimum absolute atomic E-state index is 0.0474. The number of rotatable bonds is 6. The average molecular weight is 417 g/mol. The van der Waals surface area contributed by atoms with Gasteiger partial charge < -0.3 is 24.6 Å². The third kappa shape index (κ3) is 3.23. The fraction of sp³-hybridized carbons (Fsp3) is 0.545. The molecule has 8 heteroatoms. The Hall–Kier alpha value is -2.61. The zero-order chi connectivity index (χ0) is 21.8. The number of nitrogens with zero attached hydrogens (tertiary/aromatic N) is 2. The van der Waals surface area contributed by atoms with E-state index in [0.717, 1.165) is 19.3 Å². The van der Waals surface area contributed by atoms with Gasteiger partial charge >= 0.3 is 5.97 Å². The molecule has 0 radical (unpaired) electrons. The minimum atomic E-state index is -1.31. The van der Waals surface area contributed by atoms with Gasteiger partial charge in [-0.25, -0.2) is 9.18 Å². The van der Waals surface area contributed by atoms with E-state index in [1.54, 1.807) is 4.57 Å². The molecule has 1 aromatic carbocycles. The number of aromatic carboxylic acids is 1. The average Bonchev–Trinajstić information content (AvgIpc) is 3.43. The van der Waals surface area contributed by atoms with Crippen LogP contribution in [0, 0.1) is 11.7 Å². The van der Waals surface area contributed by atoms with Crippen LogP contribution in [0.4, 0.5) is 10.1 Å². The van der Waals surface area contributed by atoms with E-state index in [2.05, 4.69) is 19.2 Å². The van der Waals surface area contributed by atoms with E-state index in [0.29, 0.717) is 36.0 Å². The maximum Gasteiger partial charge on any atom is 0.341 e. The lowest BCUT2D eigenvalue weighted by Gasteiger charge is -2.32. The third-order valence-corrected chi connectivity index (χ3v) is 6.74. The monoisotopic (exact) mass is 417 g/mol. The molecule has 1 aliphatic heterocycles. The van der Waals surface area contributed by atoms with Gasteiger partial charge in [0, 0.05) is 30.9 Å². The van der Waals surface area contributed by atoms with Gasteiger partial charge in [-0.05, 0) is 52.1 Å². The number of halogens is 1. The number of carboxylic acids is 1. The highest BCUT2D eigenvalue weighted by Gasteiger charge is 2.37. The summed E-state index contributed by atoms with van der Waals surface area (Å²) in [6.07, 6.45) is 4.05. The van der Waals surface area contributed by atoms with E-state index in [-0.39, 0.29) is 22.5 Å². The highest BCUT2D eigenvalue weighted by atomic mass is 19.1. The maximum absolute atomic E-state index is 15.4. The van der Waals surface area contributed by atoms with Crippen LogP contribution in [-0.4, -0.2) is 48.4 Å². The van der Waals surface area contributed by atoms with Crippen LogP contribution in [0.15, 0.2) is 17.1 Å². The fourth-order valence-electron chi connectivity index (χ4n) is 4.48. The zero-order valence-corrected chi connectivity index (χ0v) is 17.8. The van der Waals surface area contributed by atoms with E-state index in [1.807, 2.05) is 11.9 Å². The highest BCUT2D eigenvalue weighted by molar-refractivity contribution is 5.97. The first-order valence-corrected chi connectivity index (χ1v) is 10.3. The summed E-state index contributed by atoms with van der Waals surface area (Å²) >= 11 is 0. The quantitative estimate of drug-likeness (QED) is 0.752. The predicted octanol–water partition coefficient (Wildman–Crippen LogP) is 3.01. The summed E-state index contributed by atoms with van der Waals surface area (Å²) in [7, 11) is 3.39. The number of methoxy groups -OCH3 is 1. The Balaban J connectivity index is 1.92. The van der Waals surface area contributed by atoms with Crippen LogP contribution >= 0.6 is 0 Å². The van der Waals surface area contributed by atoms with Crippen LogP contribution in [0.2, 0.25) is 0 Å². The first-order valence-electron chi connectivity index (χ1n) is 10.3. The molecule has 1 aromatic heterocycles. The van der Waals surface area contributed by atoms with Crippen molar-refractivity contribution in [3.63, 3.8) is 0 Å². The SMILES string of the molecule is CNC(C)(C)C1CCN(c2c(F)cc3c(=O)c(C(=O)O)cn(C4CC4)c3c2OC)C1. The van der Waals surface area contributed by atoms with Crippen LogP contribution in [0.3, 0.4) is 0 Å². The standard InChI is InChI=1S/C22H28FN3O4/c1-22(2,24-3)12-7-8-25(10-12)18-16(23)9-14-17(20(18)30-4)26(13-5-6-13)11-15(19(14)27)21(28)29/h9,11-13,24H,5-8,10H2,1-4H3,(H,28,29). The molecule has 1 saturated carbocycles. The van der Waals surface area contributed by atoms with Gasteiger partial charge in [-0.3, -0.25) is 4.79 Å². The molecule has 4 rings (SSSR count). The Kier molecular flexibility index (Phi) is 5.00. The molecule has 2 aromatic rings. The van der Waals surface area contributed by atoms with E-state index in [1.165, 1.54) is 19.4 Å². The molecule has 1 unspecified atom stereocenters. The molecule has 7 nitrogen and oxygen atoms in total. The summed E-state index contributed by atoms with van der Waals surface area (Å²) in [6.45, 7) is 5.60. The maximum atomic E-state index is 15.4. The molecule has 2 heterocycles. The van der Waals surface area contributed by atoms with Crippen molar-refractivity contribution >= 4 is 22.6 Å². The largest absolute Gasteiger partial charge is 0.492 e. The zero-order valence-electron chi connectivity index (χ0n) is 17.8. The molecule has 0 bridgehead atoms. The van der Waals surface area contributed by atoms with Crippen LogP contribution in [0.25, 0.3) is 10.9 Å². The molecule has 1 aliphatic carbocycles. The van der Waals surface area contributed by atoms with Crippen molar-refractivity contribution in [1.82, 2.24) is 9.88 Å². The topological polar surface area (TPSA) is 83.8 Å². The summed E-state index contributed by atoms with van der Waals surface area (Å²) in [4.78, 5) is 26.4. The third-order valence-electron chi connectivity index (χ3n) is 6.74. The first-order chi connectivity index (χ1) is 14.2. The summed E-state index contributed by atoms with van der Waals surface area (Å²) in [5.74, 6) is -1.25. The number of fused-ring (bicyclic) bond motifs is 1. The van der Waals surface area contributed by atoms with Crippen molar-refractivity contribution in [2.75, 3.05) is 32.1 Å². The van der Waals surface area contributed by atoms with Gasteiger partial charge in [-0.15, -0.1) is 0 Å². The Morgan fingerprint density at radius 3 is 2.60 bits per heavy atom. The summed E-state index contributed by atoms with van der Waals surface area (Å²) < 4.78 is 22.8. The van der Waals surface area contributed by atoms with E-state index >= 15 is 4.39 Å². The number of hydrogen-bond donors (Lipinski definition) is 2. The minimum Gasteiger partial charge on any atom is -0.492 e. The van der Waals surface area contributed by atoms with Crippen molar-refractivity contribution in [3.8, 4) is 5.75 Å². The van der Waals surface area contributed by atoms with Crippen LogP contribution in [0.5, 0.6) is 5.75 Å². The molecule has 30 heavy (non-hydrogen) atoms. The normalized spacial score (nSPS) is 19.5. The van der Waals surface area contributed by atoms with Gasteiger partial charge in [0.15, 0.2) is 11.6 Å². The van der Waals surface area contributed by atoms with Gasteiger partial charge in [-0.2, -0.15) is 0 Å². The Morgan fingerprint density at radius 1 is 1.33 bits per heavy atom. The number of hydrogen-bond acceptors (Lipinski definition) is 5. The van der Waals surface area contributed by atoms with E-state index < -0.39 is 17.2 Å². The number of pyridine rings is 1. The summed E-state index contributed by atoms with van der Waals surface area (Å²) in [5.41, 5.74) is -0.310. The van der Waals surface area contributed by atoms with E-state index in [4.69, 9.17) is 4.74 Å². The van der Waals surface area contributed by atoms with Crippen molar-refractivity contribution in [3.05, 3.63) is 33.9 Å². The van der Waals surface area contributed by atoms with Crippen molar-refractivity contribution < 1.29 is 19.0 Å². The number of ether oxygens (including phenoxy) is 1. The number of nitrogens with one attached hydrogen (secondary N) is 1. The second-order valence-electron chi connectivity index (χ2n) is 8.86. The van der Waals surface area contributed by atoms with Crippen molar-refractivity contribution in [1.29, 1.82) is 0 Å². The molecule has 2 N–H and O–H groups in total. The lowest BCUT2D eigenvalue weighted by Crippen LogP contribution is -2.45. The molecular weight excluding hydrogens is 389 g/mol. The lowest BCUT2D eigenvalue weighted by molar-refractivity contribution is 0.0695. The second kappa shape index (κ2) is 7.27. The van der Waals surface area contributed by atoms with Crippen LogP contribution < -0.4 is 20.4 Å². The Labute approximate surface area is 174 Å². The lowest BCUT2D eigenvalue weighted by atomic mass is 9.87. The second-order valence-corrected chi connectivity index (χ2v) is 8.86. The van der Waals surface area contributed by atoms with Crippen molar-refractivity contribution in [2.24, 2.45) is 5.92 Å². The molecule has 162 valence electrons. The Morgan fingerprint density at radius 2 is 2.03 bits per heavy atom. The van der Waals surface area contributed by atoms with Gasteiger partial charge in [0.25, 0.3) is 0 Å². The number of carboxylic acid groups (broad SMARTS) is 1. The van der Waals surface area contributed by atoms with Crippen LogP contribution in [0.1, 0.15) is 49.5 Å². The first kappa shape index (κ1) is 20.7. The van der Waals surface area contributed by atoms with Gasteiger partial charge in [0.2, 0.25) is 5.43 Å². The Bertz CT molecular complexity index is 1070. The number of aromatic nitrogens is 1. The molecule has 1 atom stereocenters. The molecular formula is C22H28FN3O4. The summed E-state index contributed by atoms with van der Waals surface area (Å²) in [6, 6.07) is 1.27. The van der Waals surface area contributed by atoms with Gasteiger partial charge in [0.1, 0.15) is 11.3 Å². The predicted molar refractivity (Wildman–Crippen MR) is 113 cm³/mol. The van der Waals surface area contributed by atoms with Crippen molar-refractivity contribution in [2.45, 2.75) is 44.7 Å². The smallest absolute Gasteiger partial charge is 0.341 e. The summed E-state index contributed by atoms with van der Waals surface area (Å²) in [5, 5.41) is 12.8. The molecule has 0 amide bonds. The number of carbonyl (C=O) groups is 1. The van der Waals surface area contributed by atoms with Gasteiger partial charge in [-0.1, -0.05) is 0 Å². The van der Waals surface area contributed by atoms with Crippen LogP contribution in [-0.2, 0) is 0 Å². The van der Waals surface area contributed by atoms with Gasteiger partial charge in [0.05, 0.1) is 18.0 Å². The molecule has 2 aliphatic rings.